The van der Waals surface area contributed by atoms with Crippen molar-refractivity contribution in [2.75, 3.05) is 7.11 Å². The zero-order valence-corrected chi connectivity index (χ0v) is 18.4. The molecule has 0 bridgehead atoms. The first-order valence-electron chi connectivity index (χ1n) is 11.2. The van der Waals surface area contributed by atoms with Gasteiger partial charge in [0, 0.05) is 10.8 Å². The Morgan fingerprint density at radius 1 is 0.545 bits per heavy atom. The van der Waals surface area contributed by atoms with Gasteiger partial charge in [0.1, 0.15) is 5.75 Å². The number of hydrogen-bond donors (Lipinski definition) is 0. The zero-order chi connectivity index (χ0) is 22.2. The minimum atomic E-state index is 0.863. The Kier molecular flexibility index (Phi) is 4.70. The molecule has 0 fully saturated rings. The van der Waals surface area contributed by atoms with Gasteiger partial charge in [-0.05, 0) is 58.5 Å². The van der Waals surface area contributed by atoms with E-state index in [0.717, 1.165) is 5.75 Å². The molecule has 5 aromatic carbocycles. The second-order valence-electron chi connectivity index (χ2n) is 8.23. The third-order valence-electron chi connectivity index (χ3n) is 6.28. The number of hydrogen-bond acceptors (Lipinski definition) is 1. The first-order valence-corrected chi connectivity index (χ1v) is 11.2. The maximum atomic E-state index is 5.37. The van der Waals surface area contributed by atoms with Crippen LogP contribution in [0.3, 0.4) is 0 Å². The van der Waals surface area contributed by atoms with Gasteiger partial charge in [-0.2, -0.15) is 0 Å². The van der Waals surface area contributed by atoms with E-state index in [1.807, 2.05) is 12.1 Å². The third-order valence-corrected chi connectivity index (χ3v) is 6.28. The minimum Gasteiger partial charge on any atom is -0.497 e. The summed E-state index contributed by atoms with van der Waals surface area (Å²) >= 11 is 0. The van der Waals surface area contributed by atoms with Gasteiger partial charge >= 0.3 is 0 Å². The second kappa shape index (κ2) is 7.99. The van der Waals surface area contributed by atoms with Crippen LogP contribution in [0.4, 0.5) is 0 Å². The van der Waals surface area contributed by atoms with Gasteiger partial charge in [0.25, 0.3) is 0 Å². The molecule has 158 valence electrons. The second-order valence-corrected chi connectivity index (χ2v) is 8.23. The highest BCUT2D eigenvalue weighted by atomic mass is 16.5. The van der Waals surface area contributed by atoms with Gasteiger partial charge in [-0.3, -0.25) is 0 Å². The van der Waals surface area contributed by atoms with Crippen LogP contribution in [-0.2, 0) is 0 Å². The average Bonchev–Trinajstić information content (AvgIpc) is 3.28. The van der Waals surface area contributed by atoms with Gasteiger partial charge in [0.2, 0.25) is 0 Å². The lowest BCUT2D eigenvalue weighted by Gasteiger charge is -2.16. The third kappa shape index (κ3) is 3.37. The number of benzene rings is 5. The van der Waals surface area contributed by atoms with Crippen LogP contribution in [0.15, 0.2) is 121 Å². The number of ether oxygens (including phenoxy) is 1. The number of rotatable bonds is 4. The summed E-state index contributed by atoms with van der Waals surface area (Å²) in [6.45, 7) is 0. The number of methoxy groups -OCH3 is 1. The molecule has 2 nitrogen and oxygen atoms in total. The van der Waals surface area contributed by atoms with Crippen molar-refractivity contribution in [1.29, 1.82) is 0 Å². The van der Waals surface area contributed by atoms with Gasteiger partial charge in [-0.25, -0.2) is 0 Å². The molecule has 0 aliphatic rings. The van der Waals surface area contributed by atoms with Gasteiger partial charge in [-0.1, -0.05) is 84.9 Å². The molecule has 6 rings (SSSR count). The number of para-hydroxylation sites is 1. The van der Waals surface area contributed by atoms with Crippen molar-refractivity contribution in [1.82, 2.24) is 4.57 Å². The lowest BCUT2D eigenvalue weighted by molar-refractivity contribution is 0.415. The molecule has 2 heteroatoms. The van der Waals surface area contributed by atoms with Crippen molar-refractivity contribution in [3.8, 4) is 33.8 Å². The van der Waals surface area contributed by atoms with E-state index >= 15 is 0 Å². The predicted octanol–water partition coefficient (Wildman–Crippen LogP) is 8.13. The van der Waals surface area contributed by atoms with Crippen LogP contribution in [0.5, 0.6) is 5.75 Å². The Balaban J connectivity index is 1.68. The fourth-order valence-corrected chi connectivity index (χ4v) is 4.66. The van der Waals surface area contributed by atoms with Gasteiger partial charge in [0.15, 0.2) is 0 Å². The van der Waals surface area contributed by atoms with Crippen LogP contribution >= 0.6 is 0 Å². The van der Waals surface area contributed by atoms with E-state index in [4.69, 9.17) is 4.74 Å². The summed E-state index contributed by atoms with van der Waals surface area (Å²) in [6, 6.07) is 43.0. The Morgan fingerprint density at radius 3 is 2.03 bits per heavy atom. The first kappa shape index (κ1) is 19.4. The Labute approximate surface area is 193 Å². The molecule has 0 saturated carbocycles. The van der Waals surface area contributed by atoms with E-state index in [0.29, 0.717) is 0 Å². The summed E-state index contributed by atoms with van der Waals surface area (Å²) < 4.78 is 7.77. The van der Waals surface area contributed by atoms with Crippen molar-refractivity contribution in [3.05, 3.63) is 121 Å². The molecule has 0 amide bonds. The largest absolute Gasteiger partial charge is 0.497 e. The van der Waals surface area contributed by atoms with E-state index in [1.54, 1.807) is 7.11 Å². The molecule has 0 unspecified atom stereocenters. The Hall–Kier alpha value is -4.30. The summed E-state index contributed by atoms with van der Waals surface area (Å²) in [5.41, 5.74) is 7.12. The van der Waals surface area contributed by atoms with Gasteiger partial charge in [0.05, 0.1) is 24.0 Å². The molecule has 0 N–H and O–H groups in total. The van der Waals surface area contributed by atoms with E-state index in [-0.39, 0.29) is 0 Å². The van der Waals surface area contributed by atoms with Crippen LogP contribution in [0.1, 0.15) is 0 Å². The molecular weight excluding hydrogens is 403 g/mol. The SMILES string of the molecule is COc1ccc(-c2cc(-n3c4ccccc4c[13c]3-c3ccccc3)c3ccccc3c2)cc1. The van der Waals surface area contributed by atoms with E-state index in [1.165, 1.54) is 49.7 Å². The lowest BCUT2D eigenvalue weighted by atomic mass is 9.99. The van der Waals surface area contributed by atoms with Crippen LogP contribution in [0.25, 0.3) is 49.7 Å². The summed E-state index contributed by atoms with van der Waals surface area (Å²) in [5.74, 6) is 0.863. The highest BCUT2D eigenvalue weighted by Gasteiger charge is 2.15. The topological polar surface area (TPSA) is 14.2 Å². The molecule has 0 radical (unpaired) electrons. The molecule has 1 aromatic heterocycles. The number of nitrogens with zero attached hydrogens (tertiary/aromatic N) is 1. The molecule has 0 saturated heterocycles. The molecule has 1 heterocycles. The molecule has 0 aliphatic heterocycles. The fraction of sp³-hybridized carbons (Fsp3) is 0.0323. The average molecular weight is 427 g/mol. The maximum absolute atomic E-state index is 5.37. The van der Waals surface area contributed by atoms with Crippen LogP contribution in [0, 0.1) is 0 Å². The number of fused-ring (bicyclic) bond motifs is 2. The van der Waals surface area contributed by atoms with Gasteiger partial charge in [-0.15, -0.1) is 0 Å². The summed E-state index contributed by atoms with van der Waals surface area (Å²) in [7, 11) is 1.70. The smallest absolute Gasteiger partial charge is 0.118 e. The van der Waals surface area contributed by atoms with E-state index in [9.17, 15) is 0 Å². The van der Waals surface area contributed by atoms with Crippen molar-refractivity contribution in [2.45, 2.75) is 0 Å². The quantitative estimate of drug-likeness (QED) is 0.278. The van der Waals surface area contributed by atoms with Crippen LogP contribution in [0.2, 0.25) is 0 Å². The molecule has 0 aliphatic carbocycles. The number of aromatic nitrogens is 1. The maximum Gasteiger partial charge on any atom is 0.118 e. The highest BCUT2D eigenvalue weighted by Crippen LogP contribution is 2.37. The van der Waals surface area contributed by atoms with Crippen molar-refractivity contribution in [2.24, 2.45) is 0 Å². The van der Waals surface area contributed by atoms with Gasteiger partial charge < -0.3 is 9.30 Å². The Morgan fingerprint density at radius 2 is 1.24 bits per heavy atom. The molecular formula is C31H23NO. The van der Waals surface area contributed by atoms with E-state index < -0.39 is 0 Å². The molecule has 33 heavy (non-hydrogen) atoms. The van der Waals surface area contributed by atoms with Crippen LogP contribution < -0.4 is 4.74 Å². The minimum absolute atomic E-state index is 0.863. The zero-order valence-electron chi connectivity index (χ0n) is 18.4. The lowest BCUT2D eigenvalue weighted by Crippen LogP contribution is -1.99. The monoisotopic (exact) mass is 426 g/mol. The standard InChI is InChI=1S/C31H23NO/c1-33-27-17-15-22(16-18-27)26-19-24-11-5-7-13-28(24)31(21-26)32-29-14-8-6-12-25(29)20-30(32)23-9-3-2-4-10-23/h2-21H,1H3/i30+1. The molecule has 6 aromatic rings. The van der Waals surface area contributed by atoms with Crippen LogP contribution in [-0.4, -0.2) is 11.7 Å². The first-order chi connectivity index (χ1) is 16.3. The van der Waals surface area contributed by atoms with Crippen molar-refractivity contribution in [3.63, 3.8) is 0 Å². The molecule has 0 atom stereocenters. The van der Waals surface area contributed by atoms with Crippen molar-refractivity contribution >= 4 is 21.7 Å². The summed E-state index contributed by atoms with van der Waals surface area (Å²) in [4.78, 5) is 0. The van der Waals surface area contributed by atoms with E-state index in [2.05, 4.69) is 114 Å². The summed E-state index contributed by atoms with van der Waals surface area (Å²) in [5, 5.41) is 3.68. The predicted molar refractivity (Wildman–Crippen MR) is 138 cm³/mol. The fourth-order valence-electron chi connectivity index (χ4n) is 4.66. The summed E-state index contributed by atoms with van der Waals surface area (Å²) in [6.07, 6.45) is 0. The highest BCUT2D eigenvalue weighted by molar-refractivity contribution is 5.98. The normalized spacial score (nSPS) is 11.2. The Bertz CT molecular complexity index is 1580. The van der Waals surface area contributed by atoms with Crippen molar-refractivity contribution < 1.29 is 4.74 Å². The molecule has 0 spiro atoms.